The Bertz CT molecular complexity index is 563. The molecule has 1 aromatic rings. The van der Waals surface area contributed by atoms with Crippen LogP contribution in [0, 0.1) is 0 Å². The van der Waals surface area contributed by atoms with Crippen molar-refractivity contribution < 1.29 is 9.53 Å². The van der Waals surface area contributed by atoms with Gasteiger partial charge in [-0.25, -0.2) is 0 Å². The maximum atomic E-state index is 11.4. The first-order chi connectivity index (χ1) is 10.00. The van der Waals surface area contributed by atoms with Crippen molar-refractivity contribution in [1.29, 1.82) is 0 Å². The molecule has 3 rings (SSSR count). The molecule has 3 nitrogen and oxygen atoms in total. The highest BCUT2D eigenvalue weighted by molar-refractivity contribution is 5.75. The highest BCUT2D eigenvalue weighted by Crippen LogP contribution is 2.46. The first kappa shape index (κ1) is 14.4. The summed E-state index contributed by atoms with van der Waals surface area (Å²) in [5, 5.41) is 3.00. The lowest BCUT2D eigenvalue weighted by atomic mass is 9.89. The van der Waals surface area contributed by atoms with Crippen molar-refractivity contribution in [3.05, 3.63) is 28.8 Å². The fourth-order valence-corrected chi connectivity index (χ4v) is 3.73. The van der Waals surface area contributed by atoms with Crippen LogP contribution in [0.4, 0.5) is 0 Å². The number of ether oxygens (including phenoxy) is 1. The molecular weight excluding hydrogens is 262 g/mol. The van der Waals surface area contributed by atoms with Gasteiger partial charge in [0.1, 0.15) is 11.4 Å². The van der Waals surface area contributed by atoms with Gasteiger partial charge in [0.15, 0.2) is 0 Å². The molecule has 1 unspecified atom stereocenters. The third-order valence-corrected chi connectivity index (χ3v) is 4.70. The summed E-state index contributed by atoms with van der Waals surface area (Å²) in [4.78, 5) is 11.4. The first-order valence-corrected chi connectivity index (χ1v) is 8.10. The topological polar surface area (TPSA) is 38.3 Å². The second-order valence-corrected chi connectivity index (χ2v) is 6.88. The third-order valence-electron chi connectivity index (χ3n) is 4.70. The summed E-state index contributed by atoms with van der Waals surface area (Å²) in [5.74, 6) is 1.80. The van der Waals surface area contributed by atoms with Gasteiger partial charge in [0.2, 0.25) is 5.91 Å². The van der Waals surface area contributed by atoms with Gasteiger partial charge in [-0.3, -0.25) is 4.79 Å². The number of hydrogen-bond donors (Lipinski definition) is 1. The van der Waals surface area contributed by atoms with Gasteiger partial charge in [0.25, 0.3) is 0 Å². The van der Waals surface area contributed by atoms with Crippen LogP contribution in [0.2, 0.25) is 0 Å². The Hall–Kier alpha value is -1.51. The number of hydrogen-bond acceptors (Lipinski definition) is 2. The van der Waals surface area contributed by atoms with Crippen LogP contribution >= 0.6 is 0 Å². The minimum Gasteiger partial charge on any atom is -0.487 e. The van der Waals surface area contributed by atoms with Crippen molar-refractivity contribution in [2.45, 2.75) is 64.4 Å². The second kappa shape index (κ2) is 5.36. The van der Waals surface area contributed by atoms with Crippen LogP contribution < -0.4 is 10.1 Å². The lowest BCUT2D eigenvalue weighted by Crippen LogP contribution is -2.25. The van der Waals surface area contributed by atoms with Gasteiger partial charge in [-0.2, -0.15) is 0 Å². The summed E-state index contributed by atoms with van der Waals surface area (Å²) in [7, 11) is 0. The van der Waals surface area contributed by atoms with Gasteiger partial charge in [-0.15, -0.1) is 0 Å². The van der Waals surface area contributed by atoms with Crippen LogP contribution in [0.5, 0.6) is 5.75 Å². The number of benzene rings is 1. The summed E-state index contributed by atoms with van der Waals surface area (Å²) >= 11 is 0. The monoisotopic (exact) mass is 287 g/mol. The summed E-state index contributed by atoms with van der Waals surface area (Å²) in [6.07, 6.45) is 4.97. The van der Waals surface area contributed by atoms with E-state index in [0.29, 0.717) is 12.3 Å². The van der Waals surface area contributed by atoms with Crippen LogP contribution in [0.1, 0.15) is 62.6 Å². The standard InChI is InChI=1S/C18H25NO2/c1-4-16(20)19-10-9-13-6-5-12-7-8-15-14(17(12)13)11-18(2,3)21-15/h7-8,13H,4-6,9-11H2,1-3H3,(H,19,20). The molecular formula is C18H25NO2. The Kier molecular flexibility index (Phi) is 3.68. The number of carbonyl (C=O) groups excluding carboxylic acids is 1. The molecule has 21 heavy (non-hydrogen) atoms. The number of rotatable bonds is 4. The van der Waals surface area contributed by atoms with E-state index >= 15 is 0 Å². The molecule has 0 fully saturated rings. The highest BCUT2D eigenvalue weighted by atomic mass is 16.5. The minimum atomic E-state index is -0.0823. The van der Waals surface area contributed by atoms with Crippen LogP contribution in [0.25, 0.3) is 0 Å². The van der Waals surface area contributed by atoms with Gasteiger partial charge < -0.3 is 10.1 Å². The van der Waals surface area contributed by atoms with E-state index in [2.05, 4.69) is 31.3 Å². The Morgan fingerprint density at radius 2 is 2.24 bits per heavy atom. The zero-order chi connectivity index (χ0) is 15.0. The van der Waals surface area contributed by atoms with E-state index in [1.165, 1.54) is 23.1 Å². The molecule has 2 aliphatic rings. The molecule has 1 aliphatic heterocycles. The number of aryl methyl sites for hydroxylation is 1. The van der Waals surface area contributed by atoms with E-state index in [1.54, 1.807) is 0 Å². The fraction of sp³-hybridized carbons (Fsp3) is 0.611. The van der Waals surface area contributed by atoms with E-state index in [0.717, 1.165) is 31.6 Å². The zero-order valence-corrected chi connectivity index (χ0v) is 13.3. The van der Waals surface area contributed by atoms with Gasteiger partial charge in [-0.05, 0) is 56.2 Å². The second-order valence-electron chi connectivity index (χ2n) is 6.88. The highest BCUT2D eigenvalue weighted by Gasteiger charge is 2.36. The van der Waals surface area contributed by atoms with Gasteiger partial charge >= 0.3 is 0 Å². The van der Waals surface area contributed by atoms with Gasteiger partial charge in [0, 0.05) is 24.9 Å². The number of carbonyl (C=O) groups is 1. The molecule has 0 radical (unpaired) electrons. The minimum absolute atomic E-state index is 0.0823. The maximum absolute atomic E-state index is 11.4. The molecule has 0 saturated carbocycles. The molecule has 0 aromatic heterocycles. The molecule has 1 atom stereocenters. The average molecular weight is 287 g/mol. The predicted octanol–water partition coefficient (Wildman–Crippen LogP) is 3.35. The van der Waals surface area contributed by atoms with Crippen LogP contribution in [0.15, 0.2) is 12.1 Å². The van der Waals surface area contributed by atoms with Crippen molar-refractivity contribution >= 4 is 5.91 Å². The van der Waals surface area contributed by atoms with E-state index in [4.69, 9.17) is 4.74 Å². The number of nitrogens with one attached hydrogen (secondary N) is 1. The molecule has 114 valence electrons. The largest absolute Gasteiger partial charge is 0.487 e. The summed E-state index contributed by atoms with van der Waals surface area (Å²) in [6.45, 7) is 6.99. The number of amides is 1. The molecule has 0 saturated heterocycles. The van der Waals surface area contributed by atoms with Crippen molar-refractivity contribution in [3.8, 4) is 5.75 Å². The summed E-state index contributed by atoms with van der Waals surface area (Å²) in [6, 6.07) is 4.38. The predicted molar refractivity (Wildman–Crippen MR) is 83.8 cm³/mol. The van der Waals surface area contributed by atoms with E-state index in [-0.39, 0.29) is 11.5 Å². The van der Waals surface area contributed by atoms with Crippen LogP contribution in [-0.2, 0) is 17.6 Å². The molecule has 1 amide bonds. The van der Waals surface area contributed by atoms with Gasteiger partial charge in [-0.1, -0.05) is 13.0 Å². The first-order valence-electron chi connectivity index (χ1n) is 8.10. The quantitative estimate of drug-likeness (QED) is 0.922. The molecule has 1 aromatic carbocycles. The molecule has 0 bridgehead atoms. The Morgan fingerprint density at radius 1 is 1.43 bits per heavy atom. The van der Waals surface area contributed by atoms with Gasteiger partial charge in [0.05, 0.1) is 0 Å². The van der Waals surface area contributed by atoms with Crippen LogP contribution in [0.3, 0.4) is 0 Å². The fourth-order valence-electron chi connectivity index (χ4n) is 3.73. The third kappa shape index (κ3) is 2.78. The van der Waals surface area contributed by atoms with Crippen molar-refractivity contribution in [3.63, 3.8) is 0 Å². The molecule has 3 heteroatoms. The Labute approximate surface area is 127 Å². The summed E-state index contributed by atoms with van der Waals surface area (Å²) < 4.78 is 6.06. The lowest BCUT2D eigenvalue weighted by Gasteiger charge is -2.17. The Morgan fingerprint density at radius 3 is 3.00 bits per heavy atom. The average Bonchev–Trinajstić information content (AvgIpc) is 2.97. The van der Waals surface area contributed by atoms with Crippen LogP contribution in [-0.4, -0.2) is 18.1 Å². The normalized spacial score (nSPS) is 21.6. The zero-order valence-electron chi connectivity index (χ0n) is 13.3. The van der Waals surface area contributed by atoms with Crippen molar-refractivity contribution in [1.82, 2.24) is 5.32 Å². The van der Waals surface area contributed by atoms with Crippen molar-refractivity contribution in [2.75, 3.05) is 6.54 Å². The molecule has 0 spiro atoms. The summed E-state index contributed by atoms with van der Waals surface area (Å²) in [5.41, 5.74) is 4.34. The smallest absolute Gasteiger partial charge is 0.219 e. The number of fused-ring (bicyclic) bond motifs is 3. The Balaban J connectivity index is 1.76. The van der Waals surface area contributed by atoms with E-state index < -0.39 is 0 Å². The molecule has 1 N–H and O–H groups in total. The van der Waals surface area contributed by atoms with E-state index in [1.807, 2.05) is 6.92 Å². The SMILES string of the molecule is CCC(=O)NCCC1CCc2ccc3c(c21)CC(C)(C)O3. The van der Waals surface area contributed by atoms with E-state index in [9.17, 15) is 4.79 Å². The lowest BCUT2D eigenvalue weighted by molar-refractivity contribution is -0.120. The van der Waals surface area contributed by atoms with Crippen molar-refractivity contribution in [2.24, 2.45) is 0 Å². The maximum Gasteiger partial charge on any atom is 0.219 e. The molecule has 1 heterocycles. The molecule has 1 aliphatic carbocycles.